The van der Waals surface area contributed by atoms with Crippen LogP contribution in [0.3, 0.4) is 0 Å². The van der Waals surface area contributed by atoms with Crippen molar-refractivity contribution in [2.45, 2.75) is 13.3 Å². The van der Waals surface area contributed by atoms with Gasteiger partial charge in [0.25, 0.3) is 0 Å². The smallest absolute Gasteiger partial charge is 0.229 e. The maximum Gasteiger partial charge on any atom is 0.229 e. The third-order valence-corrected chi connectivity index (χ3v) is 5.10. The van der Waals surface area contributed by atoms with Crippen molar-refractivity contribution in [3.8, 4) is 6.07 Å². The Hall–Kier alpha value is -2.65. The molecular formula is C19H16BrN3O2. The van der Waals surface area contributed by atoms with E-state index in [0.29, 0.717) is 17.8 Å². The van der Waals surface area contributed by atoms with E-state index in [9.17, 15) is 9.59 Å². The third kappa shape index (κ3) is 3.72. The summed E-state index contributed by atoms with van der Waals surface area (Å²) in [5, 5.41) is 11.7. The first-order valence-corrected chi connectivity index (χ1v) is 8.65. The topological polar surface area (TPSA) is 73.2 Å². The van der Waals surface area contributed by atoms with Gasteiger partial charge in [0, 0.05) is 28.8 Å². The lowest BCUT2D eigenvalue weighted by Gasteiger charge is -2.17. The summed E-state index contributed by atoms with van der Waals surface area (Å²) in [5.41, 5.74) is 2.88. The molecule has 0 bridgehead atoms. The zero-order valence-electron chi connectivity index (χ0n) is 13.6. The largest absolute Gasteiger partial charge is 0.326 e. The predicted molar refractivity (Wildman–Crippen MR) is 99.1 cm³/mol. The number of benzene rings is 2. The minimum absolute atomic E-state index is 0.0624. The summed E-state index contributed by atoms with van der Waals surface area (Å²) in [7, 11) is 0. The van der Waals surface area contributed by atoms with Crippen LogP contribution >= 0.6 is 15.9 Å². The Balaban J connectivity index is 1.72. The molecule has 1 atom stereocenters. The molecule has 1 saturated heterocycles. The zero-order valence-corrected chi connectivity index (χ0v) is 15.2. The second kappa shape index (κ2) is 7.08. The van der Waals surface area contributed by atoms with E-state index >= 15 is 0 Å². The van der Waals surface area contributed by atoms with Crippen LogP contribution in [0.15, 0.2) is 46.9 Å². The van der Waals surface area contributed by atoms with E-state index in [4.69, 9.17) is 5.26 Å². The average Bonchev–Trinajstić information content (AvgIpc) is 2.99. The molecule has 25 heavy (non-hydrogen) atoms. The molecule has 1 unspecified atom stereocenters. The molecule has 2 amide bonds. The number of rotatable bonds is 3. The van der Waals surface area contributed by atoms with Crippen molar-refractivity contribution in [2.24, 2.45) is 5.92 Å². The molecule has 0 saturated carbocycles. The molecule has 1 fully saturated rings. The molecular weight excluding hydrogens is 382 g/mol. The lowest BCUT2D eigenvalue weighted by atomic mass is 10.1. The van der Waals surface area contributed by atoms with Gasteiger partial charge < -0.3 is 10.2 Å². The van der Waals surface area contributed by atoms with Crippen molar-refractivity contribution in [1.29, 1.82) is 5.26 Å². The summed E-state index contributed by atoms with van der Waals surface area (Å²) in [4.78, 5) is 26.5. The van der Waals surface area contributed by atoms with Crippen molar-refractivity contribution in [1.82, 2.24) is 0 Å². The Morgan fingerprint density at radius 2 is 2.12 bits per heavy atom. The minimum Gasteiger partial charge on any atom is -0.326 e. The van der Waals surface area contributed by atoms with Crippen molar-refractivity contribution < 1.29 is 9.59 Å². The molecule has 126 valence electrons. The first-order valence-electron chi connectivity index (χ1n) is 7.85. The summed E-state index contributed by atoms with van der Waals surface area (Å²) in [5.74, 6) is -0.686. The van der Waals surface area contributed by atoms with Crippen molar-refractivity contribution in [2.75, 3.05) is 16.8 Å². The molecule has 2 aromatic rings. The van der Waals surface area contributed by atoms with Gasteiger partial charge in [-0.1, -0.05) is 22.0 Å². The van der Waals surface area contributed by atoms with Gasteiger partial charge in [-0.05, 0) is 48.9 Å². The average molecular weight is 398 g/mol. The highest BCUT2D eigenvalue weighted by Gasteiger charge is 2.35. The van der Waals surface area contributed by atoms with E-state index in [1.165, 1.54) is 0 Å². The number of nitriles is 1. The second-order valence-corrected chi connectivity index (χ2v) is 6.88. The number of nitrogens with one attached hydrogen (secondary N) is 1. The Bertz CT molecular complexity index is 888. The molecule has 2 aromatic carbocycles. The van der Waals surface area contributed by atoms with Gasteiger partial charge in [0.15, 0.2) is 0 Å². The van der Waals surface area contributed by atoms with Gasteiger partial charge in [0.2, 0.25) is 11.8 Å². The lowest BCUT2D eigenvalue weighted by molar-refractivity contribution is -0.122. The normalized spacial score (nSPS) is 16.6. The molecule has 1 heterocycles. The predicted octanol–water partition coefficient (Wildman–Crippen LogP) is 3.62. The van der Waals surface area contributed by atoms with Gasteiger partial charge in [-0.25, -0.2) is 0 Å². The molecule has 0 spiro atoms. The van der Waals surface area contributed by atoms with Crippen molar-refractivity contribution in [3.05, 3.63) is 58.1 Å². The highest BCUT2D eigenvalue weighted by Crippen LogP contribution is 2.29. The highest BCUT2D eigenvalue weighted by molar-refractivity contribution is 9.10. The molecule has 0 aliphatic carbocycles. The summed E-state index contributed by atoms with van der Waals surface area (Å²) >= 11 is 3.45. The number of hydrogen-bond acceptors (Lipinski definition) is 3. The highest BCUT2D eigenvalue weighted by atomic mass is 79.9. The summed E-state index contributed by atoms with van der Waals surface area (Å²) < 4.78 is 0.981. The van der Waals surface area contributed by atoms with Gasteiger partial charge in [0.05, 0.1) is 17.6 Å². The van der Waals surface area contributed by atoms with Gasteiger partial charge >= 0.3 is 0 Å². The first kappa shape index (κ1) is 17.2. The Labute approximate surface area is 154 Å². The van der Waals surface area contributed by atoms with Crippen LogP contribution in [0.4, 0.5) is 11.4 Å². The zero-order chi connectivity index (χ0) is 18.0. The number of anilines is 2. The fraction of sp³-hybridized carbons (Fsp3) is 0.211. The van der Waals surface area contributed by atoms with E-state index in [0.717, 1.165) is 15.7 Å². The van der Waals surface area contributed by atoms with E-state index in [-0.39, 0.29) is 18.2 Å². The van der Waals surface area contributed by atoms with Crippen LogP contribution in [0, 0.1) is 24.2 Å². The molecule has 1 aliphatic heterocycles. The number of halogens is 1. The minimum atomic E-state index is -0.415. The number of nitrogens with zero attached hydrogens (tertiary/aromatic N) is 2. The van der Waals surface area contributed by atoms with Crippen molar-refractivity contribution >= 4 is 39.1 Å². The quantitative estimate of drug-likeness (QED) is 0.859. The second-order valence-electron chi connectivity index (χ2n) is 6.02. The fourth-order valence-electron chi connectivity index (χ4n) is 2.84. The molecule has 3 rings (SSSR count). The van der Waals surface area contributed by atoms with Crippen LogP contribution in [-0.2, 0) is 9.59 Å². The van der Waals surface area contributed by atoms with E-state index in [2.05, 4.69) is 21.2 Å². The van der Waals surface area contributed by atoms with Crippen LogP contribution in [0.25, 0.3) is 0 Å². The summed E-state index contributed by atoms with van der Waals surface area (Å²) in [6.07, 6.45) is 0.179. The molecule has 0 radical (unpaired) electrons. The Kier molecular flexibility index (Phi) is 4.86. The molecule has 6 heteroatoms. The van der Waals surface area contributed by atoms with Gasteiger partial charge in [-0.15, -0.1) is 0 Å². The van der Waals surface area contributed by atoms with Gasteiger partial charge in [-0.3, -0.25) is 9.59 Å². The van der Waals surface area contributed by atoms with Crippen LogP contribution in [0.1, 0.15) is 17.5 Å². The number of carbonyl (C=O) groups is 2. The molecule has 0 aromatic heterocycles. The third-order valence-electron chi connectivity index (χ3n) is 4.21. The van der Waals surface area contributed by atoms with Gasteiger partial charge in [0.1, 0.15) is 0 Å². The number of aryl methyl sites for hydroxylation is 1. The maximum atomic E-state index is 12.5. The first-order chi connectivity index (χ1) is 12.0. The lowest BCUT2D eigenvalue weighted by Crippen LogP contribution is -2.28. The van der Waals surface area contributed by atoms with Crippen LogP contribution in [0.5, 0.6) is 0 Å². The molecule has 5 nitrogen and oxygen atoms in total. The van der Waals surface area contributed by atoms with Gasteiger partial charge in [-0.2, -0.15) is 5.26 Å². The maximum absolute atomic E-state index is 12.5. The Morgan fingerprint density at radius 3 is 2.84 bits per heavy atom. The van der Waals surface area contributed by atoms with Crippen molar-refractivity contribution in [3.63, 3.8) is 0 Å². The SMILES string of the molecule is Cc1cc(N2CC(C(=O)Nc3cccc(C#N)c3)CC2=O)ccc1Br. The van der Waals surface area contributed by atoms with E-state index in [1.54, 1.807) is 29.2 Å². The summed E-state index contributed by atoms with van der Waals surface area (Å²) in [6, 6.07) is 14.5. The monoisotopic (exact) mass is 397 g/mol. The number of carbonyl (C=O) groups excluding carboxylic acids is 2. The van der Waals surface area contributed by atoms with E-state index < -0.39 is 5.92 Å². The molecule has 1 aliphatic rings. The standard InChI is InChI=1S/C19H16BrN3O2/c1-12-7-16(5-6-17(12)20)23-11-14(9-18(23)24)19(25)22-15-4-2-3-13(8-15)10-21/h2-8,14H,9,11H2,1H3,(H,22,25). The Morgan fingerprint density at radius 1 is 1.32 bits per heavy atom. The van der Waals surface area contributed by atoms with Crippen LogP contribution < -0.4 is 10.2 Å². The summed E-state index contributed by atoms with van der Waals surface area (Å²) in [6.45, 7) is 2.31. The number of hydrogen-bond donors (Lipinski definition) is 1. The van der Waals surface area contributed by atoms with E-state index in [1.807, 2.05) is 31.2 Å². The fourth-order valence-corrected chi connectivity index (χ4v) is 3.09. The van der Waals surface area contributed by atoms with Crippen LogP contribution in [0.2, 0.25) is 0 Å². The number of amides is 2. The molecule has 1 N–H and O–H groups in total. The van der Waals surface area contributed by atoms with Crippen LogP contribution in [-0.4, -0.2) is 18.4 Å².